The molecule has 58 valence electrons. The lowest BCUT2D eigenvalue weighted by molar-refractivity contribution is 0.683. The Morgan fingerprint density at radius 2 is 2.64 bits per heavy atom. The summed E-state index contributed by atoms with van der Waals surface area (Å²) in [5.41, 5.74) is 0. The predicted octanol–water partition coefficient (Wildman–Crippen LogP) is 0.0333. The van der Waals surface area contributed by atoms with Crippen molar-refractivity contribution in [2.45, 2.75) is 6.54 Å². The Labute approximate surface area is 65.5 Å². The van der Waals surface area contributed by atoms with E-state index in [-0.39, 0.29) is 0 Å². The quantitative estimate of drug-likeness (QED) is 0.488. The van der Waals surface area contributed by atoms with Crippen LogP contribution in [0.25, 0.3) is 0 Å². The third kappa shape index (κ3) is 2.06. The molecule has 1 N–H and O–H groups in total. The van der Waals surface area contributed by atoms with Crippen molar-refractivity contribution >= 4 is 0 Å². The molecule has 0 atom stereocenters. The monoisotopic (exact) mass is 150 g/mol. The molecule has 0 radical (unpaired) electrons. The van der Waals surface area contributed by atoms with E-state index in [1.807, 2.05) is 23.9 Å². The minimum absolute atomic E-state index is 0.368. The highest BCUT2D eigenvalue weighted by Gasteiger charge is 1.95. The van der Waals surface area contributed by atoms with E-state index >= 15 is 0 Å². The largest absolute Gasteiger partial charge is 0.337 e. The molecule has 0 unspecified atom stereocenters. The van der Waals surface area contributed by atoms with Crippen molar-refractivity contribution in [1.82, 2.24) is 14.9 Å². The lowest BCUT2D eigenvalue weighted by atomic mass is 10.5. The maximum absolute atomic E-state index is 8.22. The van der Waals surface area contributed by atoms with Crippen LogP contribution in [0.2, 0.25) is 0 Å². The van der Waals surface area contributed by atoms with Crippen LogP contribution >= 0.6 is 0 Å². The van der Waals surface area contributed by atoms with E-state index in [2.05, 4.69) is 10.3 Å². The SMILES string of the molecule is Cn1ccnc1CNCC#N. The second-order valence-electron chi connectivity index (χ2n) is 2.22. The molecule has 0 saturated heterocycles. The van der Waals surface area contributed by atoms with E-state index in [1.54, 1.807) is 6.20 Å². The number of rotatable bonds is 3. The van der Waals surface area contributed by atoms with Gasteiger partial charge in [0.2, 0.25) is 0 Å². The van der Waals surface area contributed by atoms with Gasteiger partial charge in [-0.3, -0.25) is 5.32 Å². The molecule has 0 aliphatic heterocycles. The van der Waals surface area contributed by atoms with E-state index in [0.717, 1.165) is 5.82 Å². The smallest absolute Gasteiger partial charge is 0.122 e. The topological polar surface area (TPSA) is 53.6 Å². The van der Waals surface area contributed by atoms with Crippen LogP contribution in [0.4, 0.5) is 0 Å². The van der Waals surface area contributed by atoms with Gasteiger partial charge >= 0.3 is 0 Å². The number of aryl methyl sites for hydroxylation is 1. The summed E-state index contributed by atoms with van der Waals surface area (Å²) in [6.07, 6.45) is 3.62. The first kappa shape index (κ1) is 7.76. The molecule has 0 saturated carbocycles. The maximum atomic E-state index is 8.22. The molecular formula is C7H10N4. The highest BCUT2D eigenvalue weighted by atomic mass is 15.1. The molecule has 0 fully saturated rings. The minimum atomic E-state index is 0.368. The summed E-state index contributed by atoms with van der Waals surface area (Å²) in [5, 5.41) is 11.2. The Hall–Kier alpha value is -1.34. The van der Waals surface area contributed by atoms with Crippen molar-refractivity contribution in [3.05, 3.63) is 18.2 Å². The van der Waals surface area contributed by atoms with Gasteiger partial charge in [0.05, 0.1) is 19.2 Å². The molecule has 1 aromatic heterocycles. The molecule has 4 heteroatoms. The van der Waals surface area contributed by atoms with Gasteiger partial charge in [0, 0.05) is 19.4 Å². The first-order chi connectivity index (χ1) is 5.34. The normalized spacial score (nSPS) is 9.45. The van der Waals surface area contributed by atoms with Gasteiger partial charge in [-0.1, -0.05) is 0 Å². The predicted molar refractivity (Wildman–Crippen MR) is 40.5 cm³/mol. The summed E-state index contributed by atoms with van der Waals surface area (Å²) in [4.78, 5) is 4.08. The summed E-state index contributed by atoms with van der Waals surface area (Å²) >= 11 is 0. The highest BCUT2D eigenvalue weighted by Crippen LogP contribution is 1.91. The molecule has 0 spiro atoms. The molecule has 11 heavy (non-hydrogen) atoms. The molecule has 1 rings (SSSR count). The van der Waals surface area contributed by atoms with E-state index in [0.29, 0.717) is 13.1 Å². The van der Waals surface area contributed by atoms with Gasteiger partial charge in [-0.15, -0.1) is 0 Å². The Bertz CT molecular complexity index is 258. The Kier molecular flexibility index (Phi) is 2.64. The fourth-order valence-electron chi connectivity index (χ4n) is 0.797. The summed E-state index contributed by atoms with van der Waals surface area (Å²) in [6, 6.07) is 2.00. The number of hydrogen-bond donors (Lipinski definition) is 1. The molecule has 0 bridgehead atoms. The zero-order valence-electron chi connectivity index (χ0n) is 6.41. The Morgan fingerprint density at radius 1 is 1.82 bits per heavy atom. The van der Waals surface area contributed by atoms with Crippen LogP contribution in [-0.4, -0.2) is 16.1 Å². The van der Waals surface area contributed by atoms with Crippen LogP contribution in [0, 0.1) is 11.3 Å². The second-order valence-corrected chi connectivity index (χ2v) is 2.22. The number of hydrogen-bond acceptors (Lipinski definition) is 3. The van der Waals surface area contributed by atoms with Crippen LogP contribution in [0.15, 0.2) is 12.4 Å². The molecular weight excluding hydrogens is 140 g/mol. The molecule has 0 aliphatic rings. The fraction of sp³-hybridized carbons (Fsp3) is 0.429. The minimum Gasteiger partial charge on any atom is -0.337 e. The summed E-state index contributed by atoms with van der Waals surface area (Å²) in [5.74, 6) is 0.945. The van der Waals surface area contributed by atoms with Crippen molar-refractivity contribution in [2.24, 2.45) is 7.05 Å². The first-order valence-corrected chi connectivity index (χ1v) is 3.38. The lowest BCUT2D eigenvalue weighted by Gasteiger charge is -1.99. The summed E-state index contributed by atoms with van der Waals surface area (Å²) in [7, 11) is 1.93. The van der Waals surface area contributed by atoms with Gasteiger partial charge in [0.25, 0.3) is 0 Å². The molecule has 0 aromatic carbocycles. The summed E-state index contributed by atoms with van der Waals surface area (Å²) in [6.45, 7) is 1.02. The summed E-state index contributed by atoms with van der Waals surface area (Å²) < 4.78 is 1.92. The molecule has 1 heterocycles. The second kappa shape index (κ2) is 3.74. The highest BCUT2D eigenvalue weighted by molar-refractivity contribution is 4.91. The van der Waals surface area contributed by atoms with Gasteiger partial charge in [-0.2, -0.15) is 5.26 Å². The molecule has 0 amide bonds. The average Bonchev–Trinajstić information content (AvgIpc) is 2.37. The Balaban J connectivity index is 2.40. The van der Waals surface area contributed by atoms with E-state index in [1.165, 1.54) is 0 Å². The molecule has 1 aromatic rings. The molecule has 0 aliphatic carbocycles. The number of aromatic nitrogens is 2. The van der Waals surface area contributed by atoms with E-state index in [9.17, 15) is 0 Å². The average molecular weight is 150 g/mol. The zero-order chi connectivity index (χ0) is 8.10. The van der Waals surface area contributed by atoms with E-state index in [4.69, 9.17) is 5.26 Å². The van der Waals surface area contributed by atoms with Crippen LogP contribution in [0.3, 0.4) is 0 Å². The Morgan fingerprint density at radius 3 is 3.18 bits per heavy atom. The van der Waals surface area contributed by atoms with Crippen LogP contribution in [-0.2, 0) is 13.6 Å². The number of imidazole rings is 1. The van der Waals surface area contributed by atoms with Crippen molar-refractivity contribution in [3.8, 4) is 6.07 Å². The third-order valence-electron chi connectivity index (χ3n) is 1.41. The number of nitrogens with zero attached hydrogens (tertiary/aromatic N) is 3. The van der Waals surface area contributed by atoms with Crippen molar-refractivity contribution < 1.29 is 0 Å². The van der Waals surface area contributed by atoms with Crippen LogP contribution in [0.5, 0.6) is 0 Å². The van der Waals surface area contributed by atoms with Gasteiger partial charge in [-0.25, -0.2) is 4.98 Å². The van der Waals surface area contributed by atoms with Crippen molar-refractivity contribution in [1.29, 1.82) is 5.26 Å². The van der Waals surface area contributed by atoms with Gasteiger partial charge in [0.1, 0.15) is 5.82 Å². The third-order valence-corrected chi connectivity index (χ3v) is 1.41. The van der Waals surface area contributed by atoms with Gasteiger partial charge < -0.3 is 4.57 Å². The molecule has 4 nitrogen and oxygen atoms in total. The van der Waals surface area contributed by atoms with Gasteiger partial charge in [-0.05, 0) is 0 Å². The van der Waals surface area contributed by atoms with Gasteiger partial charge in [0.15, 0.2) is 0 Å². The number of nitriles is 1. The standard InChI is InChI=1S/C7H10N4/c1-11-5-4-10-7(11)6-9-3-2-8/h4-5,9H,3,6H2,1H3. The van der Waals surface area contributed by atoms with Crippen LogP contribution < -0.4 is 5.32 Å². The maximum Gasteiger partial charge on any atom is 0.122 e. The number of nitrogens with one attached hydrogen (secondary N) is 1. The zero-order valence-corrected chi connectivity index (χ0v) is 6.41. The van der Waals surface area contributed by atoms with Crippen molar-refractivity contribution in [3.63, 3.8) is 0 Å². The fourth-order valence-corrected chi connectivity index (χ4v) is 0.797. The lowest BCUT2D eigenvalue weighted by Crippen LogP contribution is -2.15. The first-order valence-electron chi connectivity index (χ1n) is 3.38. The van der Waals surface area contributed by atoms with Crippen LogP contribution in [0.1, 0.15) is 5.82 Å². The van der Waals surface area contributed by atoms with Crippen molar-refractivity contribution in [2.75, 3.05) is 6.54 Å². The van der Waals surface area contributed by atoms with E-state index < -0.39 is 0 Å².